The molecule has 1 rings (SSSR count). The van der Waals surface area contributed by atoms with E-state index >= 15 is 0 Å². The number of carbonyl (C=O) groups excluding carboxylic acids is 1. The van der Waals surface area contributed by atoms with Crippen molar-refractivity contribution < 1.29 is 14.5 Å². The van der Waals surface area contributed by atoms with Crippen molar-refractivity contribution in [2.45, 2.75) is 6.61 Å². The molecule has 96 valence electrons. The van der Waals surface area contributed by atoms with Crippen LogP contribution in [0.1, 0.15) is 5.56 Å². The molecule has 0 aliphatic heterocycles. The van der Waals surface area contributed by atoms with Gasteiger partial charge in [-0.25, -0.2) is 4.79 Å². The predicted octanol–water partition coefficient (Wildman–Crippen LogP) is 1.91. The lowest BCUT2D eigenvalue weighted by Crippen LogP contribution is -2.10. The number of hydrogen-bond acceptors (Lipinski definition) is 5. The molecule has 8 heteroatoms. The third-order valence-corrected chi connectivity index (χ3v) is 2.43. The largest absolute Gasteiger partial charge is 0.443 e. The number of aliphatic imine (C=N–C) groups is 1. The molecule has 0 unspecified atom stereocenters. The van der Waals surface area contributed by atoms with Crippen LogP contribution >= 0.6 is 11.8 Å². The maximum Gasteiger partial charge on any atom is 0.436 e. The van der Waals surface area contributed by atoms with Gasteiger partial charge in [0.25, 0.3) is 5.69 Å². The van der Waals surface area contributed by atoms with Crippen LogP contribution in [0, 0.1) is 10.1 Å². The van der Waals surface area contributed by atoms with Crippen LogP contribution in [-0.4, -0.2) is 22.4 Å². The van der Waals surface area contributed by atoms with Crippen LogP contribution in [-0.2, 0) is 11.3 Å². The van der Waals surface area contributed by atoms with Crippen LogP contribution in [0.25, 0.3) is 0 Å². The number of nitrogens with zero attached hydrogens (tertiary/aromatic N) is 2. The molecule has 0 saturated carbocycles. The third-order valence-electron chi connectivity index (χ3n) is 1.92. The lowest BCUT2D eigenvalue weighted by Gasteiger charge is -2.01. The van der Waals surface area contributed by atoms with E-state index in [9.17, 15) is 14.9 Å². The Balaban J connectivity index is 2.54. The van der Waals surface area contributed by atoms with Crippen LogP contribution in [0.4, 0.5) is 10.5 Å². The molecule has 0 atom stereocenters. The number of carbonyl (C=O) groups is 1. The van der Waals surface area contributed by atoms with Crippen LogP contribution in [0.15, 0.2) is 29.3 Å². The Morgan fingerprint density at radius 1 is 1.50 bits per heavy atom. The summed E-state index contributed by atoms with van der Waals surface area (Å²) in [6.45, 7) is -0.0119. The average molecular weight is 269 g/mol. The summed E-state index contributed by atoms with van der Waals surface area (Å²) in [6.07, 6.45) is 0.891. The van der Waals surface area contributed by atoms with Crippen molar-refractivity contribution in [2.24, 2.45) is 10.7 Å². The van der Waals surface area contributed by atoms with E-state index in [1.54, 1.807) is 6.26 Å². The molecular formula is C10H11N3O4S. The van der Waals surface area contributed by atoms with Crippen molar-refractivity contribution >= 4 is 28.7 Å². The van der Waals surface area contributed by atoms with Crippen molar-refractivity contribution in [3.05, 3.63) is 39.9 Å². The molecule has 0 spiro atoms. The summed E-state index contributed by atoms with van der Waals surface area (Å²) in [5, 5.41) is 10.5. The summed E-state index contributed by atoms with van der Waals surface area (Å²) in [7, 11) is 0. The summed E-state index contributed by atoms with van der Waals surface area (Å²) in [6, 6.07) is 5.69. The highest BCUT2D eigenvalue weighted by Gasteiger charge is 2.06. The van der Waals surface area contributed by atoms with Crippen molar-refractivity contribution in [1.82, 2.24) is 0 Å². The fourth-order valence-corrected chi connectivity index (χ4v) is 1.19. The van der Waals surface area contributed by atoms with Crippen LogP contribution in [0.2, 0.25) is 0 Å². The Kier molecular flexibility index (Phi) is 5.12. The molecule has 0 aliphatic rings. The summed E-state index contributed by atoms with van der Waals surface area (Å²) >= 11 is 1.13. The summed E-state index contributed by atoms with van der Waals surface area (Å²) in [5.41, 5.74) is 5.95. The Labute approximate surface area is 107 Å². The van der Waals surface area contributed by atoms with E-state index in [-0.39, 0.29) is 17.5 Å². The number of rotatable bonds is 3. The number of hydrogen-bond donors (Lipinski definition) is 1. The fraction of sp³-hybridized carbons (Fsp3) is 0.200. The number of non-ortho nitro benzene ring substituents is 1. The zero-order valence-corrected chi connectivity index (χ0v) is 10.3. The molecule has 0 saturated heterocycles. The van der Waals surface area contributed by atoms with E-state index in [0.717, 1.165) is 11.8 Å². The van der Waals surface area contributed by atoms with Gasteiger partial charge < -0.3 is 10.5 Å². The molecule has 0 aliphatic carbocycles. The average Bonchev–Trinajstić information content (AvgIpc) is 2.36. The fourth-order valence-electron chi connectivity index (χ4n) is 1.03. The SMILES string of the molecule is CSC(N)=NC(=O)OCc1ccc([N+](=O)[O-])cc1. The Hall–Kier alpha value is -2.09. The normalized spacial score (nSPS) is 11.1. The molecule has 1 aromatic carbocycles. The smallest absolute Gasteiger partial charge is 0.436 e. The molecule has 0 bridgehead atoms. The van der Waals surface area contributed by atoms with Crippen molar-refractivity contribution in [2.75, 3.05) is 6.26 Å². The zero-order chi connectivity index (χ0) is 13.5. The molecule has 1 aromatic rings. The topological polar surface area (TPSA) is 108 Å². The number of nitrogens with two attached hydrogens (primary N) is 1. The van der Waals surface area contributed by atoms with Gasteiger partial charge in [0.05, 0.1) is 4.92 Å². The van der Waals surface area contributed by atoms with Gasteiger partial charge in [-0.3, -0.25) is 10.1 Å². The van der Waals surface area contributed by atoms with Gasteiger partial charge in [0.15, 0.2) is 5.17 Å². The second-order valence-corrected chi connectivity index (χ2v) is 3.96. The van der Waals surface area contributed by atoms with E-state index in [1.165, 1.54) is 24.3 Å². The number of amidine groups is 1. The van der Waals surface area contributed by atoms with E-state index in [4.69, 9.17) is 10.5 Å². The first kappa shape index (κ1) is 14.0. The van der Waals surface area contributed by atoms with E-state index in [1.807, 2.05) is 0 Å². The monoisotopic (exact) mass is 269 g/mol. The molecule has 2 N–H and O–H groups in total. The van der Waals surface area contributed by atoms with Gasteiger partial charge in [-0.15, -0.1) is 0 Å². The molecular weight excluding hydrogens is 258 g/mol. The van der Waals surface area contributed by atoms with Crippen molar-refractivity contribution in [3.63, 3.8) is 0 Å². The third kappa shape index (κ3) is 4.42. The van der Waals surface area contributed by atoms with E-state index in [0.29, 0.717) is 5.56 Å². The lowest BCUT2D eigenvalue weighted by molar-refractivity contribution is -0.384. The maximum absolute atomic E-state index is 11.1. The van der Waals surface area contributed by atoms with Gasteiger partial charge >= 0.3 is 6.09 Å². The summed E-state index contributed by atoms with van der Waals surface area (Å²) < 4.78 is 4.81. The number of nitro benzene ring substituents is 1. The molecule has 0 radical (unpaired) electrons. The first-order chi connectivity index (χ1) is 8.52. The van der Waals surface area contributed by atoms with Gasteiger partial charge in [-0.05, 0) is 24.0 Å². The number of benzene rings is 1. The molecule has 18 heavy (non-hydrogen) atoms. The Bertz CT molecular complexity index is 473. The minimum absolute atomic E-state index is 0.0119. The van der Waals surface area contributed by atoms with Crippen molar-refractivity contribution in [1.29, 1.82) is 0 Å². The Morgan fingerprint density at radius 3 is 2.61 bits per heavy atom. The predicted molar refractivity (Wildman–Crippen MR) is 68.4 cm³/mol. The van der Waals surface area contributed by atoms with Crippen molar-refractivity contribution in [3.8, 4) is 0 Å². The van der Waals surface area contributed by atoms with Crippen LogP contribution < -0.4 is 5.73 Å². The van der Waals surface area contributed by atoms with Crippen LogP contribution in [0.3, 0.4) is 0 Å². The molecule has 0 aromatic heterocycles. The number of thioether (sulfide) groups is 1. The van der Waals surface area contributed by atoms with Gasteiger partial charge in [-0.1, -0.05) is 11.8 Å². The quantitative estimate of drug-likeness (QED) is 0.388. The second-order valence-electron chi connectivity index (χ2n) is 3.13. The zero-order valence-electron chi connectivity index (χ0n) is 9.53. The minimum atomic E-state index is -0.791. The van der Waals surface area contributed by atoms with E-state index < -0.39 is 11.0 Å². The first-order valence-electron chi connectivity index (χ1n) is 4.81. The van der Waals surface area contributed by atoms with Crippen LogP contribution in [0.5, 0.6) is 0 Å². The van der Waals surface area contributed by atoms with Gasteiger partial charge in [0, 0.05) is 12.1 Å². The maximum atomic E-state index is 11.1. The summed E-state index contributed by atoms with van der Waals surface area (Å²) in [4.78, 5) is 24.5. The Morgan fingerprint density at radius 2 is 2.11 bits per heavy atom. The number of nitro groups is 1. The molecule has 0 fully saturated rings. The van der Waals surface area contributed by atoms with Gasteiger partial charge in [0.2, 0.25) is 0 Å². The lowest BCUT2D eigenvalue weighted by atomic mass is 10.2. The molecule has 7 nitrogen and oxygen atoms in total. The second kappa shape index (κ2) is 6.60. The standard InChI is InChI=1S/C10H11N3O4S/c1-18-9(11)12-10(14)17-6-7-2-4-8(5-3-7)13(15)16/h2-5H,6H2,1H3,(H2,11,12,14). The number of ether oxygens (including phenoxy) is 1. The highest BCUT2D eigenvalue weighted by Crippen LogP contribution is 2.12. The molecule has 1 amide bonds. The molecule has 0 heterocycles. The first-order valence-corrected chi connectivity index (χ1v) is 6.03. The van der Waals surface area contributed by atoms with E-state index in [2.05, 4.69) is 4.99 Å². The highest BCUT2D eigenvalue weighted by atomic mass is 32.2. The van der Waals surface area contributed by atoms with Gasteiger partial charge in [-0.2, -0.15) is 4.99 Å². The summed E-state index contributed by atoms with van der Waals surface area (Å²) in [5.74, 6) is 0. The number of amides is 1. The van der Waals surface area contributed by atoms with Gasteiger partial charge in [0.1, 0.15) is 6.61 Å². The minimum Gasteiger partial charge on any atom is -0.443 e. The highest BCUT2D eigenvalue weighted by molar-refractivity contribution is 8.13.